The second-order valence-corrected chi connectivity index (χ2v) is 4.81. The van der Waals surface area contributed by atoms with Crippen LogP contribution in [0.5, 0.6) is 11.5 Å². The molecule has 0 saturated heterocycles. The first-order valence-corrected chi connectivity index (χ1v) is 6.86. The molecular formula is C13H14INO3. The molecule has 0 bridgehead atoms. The molecule has 1 N–H and O–H groups in total. The van der Waals surface area contributed by atoms with Crippen LogP contribution >= 0.6 is 22.6 Å². The van der Waals surface area contributed by atoms with E-state index in [0.717, 1.165) is 0 Å². The summed E-state index contributed by atoms with van der Waals surface area (Å²) in [5, 5.41) is 0.551. The lowest BCUT2D eigenvalue weighted by Crippen LogP contribution is -2.09. The van der Waals surface area contributed by atoms with E-state index in [9.17, 15) is 4.79 Å². The molecule has 0 radical (unpaired) electrons. The van der Waals surface area contributed by atoms with Crippen LogP contribution in [0.2, 0.25) is 0 Å². The lowest BCUT2D eigenvalue weighted by molar-refractivity contribution is 0.336. The Hall–Kier alpha value is -1.24. The Balaban J connectivity index is 2.78. The van der Waals surface area contributed by atoms with E-state index in [1.807, 2.05) is 42.5 Å². The van der Waals surface area contributed by atoms with Gasteiger partial charge in [-0.1, -0.05) is 0 Å². The quantitative estimate of drug-likeness (QED) is 0.855. The molecule has 0 spiro atoms. The number of rotatable bonds is 4. The van der Waals surface area contributed by atoms with Crippen LogP contribution < -0.4 is 14.9 Å². The molecular weight excluding hydrogens is 345 g/mol. The average molecular weight is 359 g/mol. The van der Waals surface area contributed by atoms with Crippen molar-refractivity contribution in [3.8, 4) is 11.5 Å². The Morgan fingerprint density at radius 3 is 2.44 bits per heavy atom. The molecule has 0 aliphatic rings. The van der Waals surface area contributed by atoms with E-state index in [2.05, 4.69) is 4.98 Å². The summed E-state index contributed by atoms with van der Waals surface area (Å²) < 4.78 is 11.7. The van der Waals surface area contributed by atoms with Crippen LogP contribution in [0.1, 0.15) is 13.8 Å². The minimum atomic E-state index is -0.0330. The second-order valence-electron chi connectivity index (χ2n) is 3.64. The zero-order chi connectivity index (χ0) is 13.1. The van der Waals surface area contributed by atoms with Crippen molar-refractivity contribution in [2.45, 2.75) is 13.8 Å². The van der Waals surface area contributed by atoms with Crippen molar-refractivity contribution in [2.24, 2.45) is 0 Å². The Kier molecular flexibility index (Phi) is 4.11. The van der Waals surface area contributed by atoms with Gasteiger partial charge in [-0.25, -0.2) is 0 Å². The molecule has 0 amide bonds. The molecule has 4 nitrogen and oxygen atoms in total. The fourth-order valence-corrected chi connectivity index (χ4v) is 2.23. The molecule has 0 unspecified atom stereocenters. The first kappa shape index (κ1) is 13.2. The van der Waals surface area contributed by atoms with E-state index >= 15 is 0 Å². The van der Waals surface area contributed by atoms with Crippen LogP contribution in [0.4, 0.5) is 0 Å². The Morgan fingerprint density at radius 2 is 1.78 bits per heavy atom. The van der Waals surface area contributed by atoms with Crippen molar-refractivity contribution in [3.63, 3.8) is 0 Å². The van der Waals surface area contributed by atoms with Gasteiger partial charge in [-0.05, 0) is 48.6 Å². The van der Waals surface area contributed by atoms with Crippen molar-refractivity contribution in [1.29, 1.82) is 0 Å². The Bertz CT molecular complexity index is 621. The Morgan fingerprint density at radius 1 is 1.17 bits per heavy atom. The van der Waals surface area contributed by atoms with Crippen LogP contribution in [0.25, 0.3) is 10.9 Å². The van der Waals surface area contributed by atoms with Gasteiger partial charge < -0.3 is 14.5 Å². The molecule has 0 aliphatic heterocycles. The summed E-state index contributed by atoms with van der Waals surface area (Å²) in [5.41, 5.74) is 0.655. The van der Waals surface area contributed by atoms with Crippen LogP contribution in [-0.2, 0) is 0 Å². The number of nitrogens with one attached hydrogen (secondary N) is 1. The van der Waals surface area contributed by atoms with E-state index in [0.29, 0.717) is 39.2 Å². The molecule has 2 rings (SSSR count). The summed E-state index contributed by atoms with van der Waals surface area (Å²) in [6, 6.07) is 3.60. The van der Waals surface area contributed by atoms with Gasteiger partial charge in [-0.2, -0.15) is 0 Å². The van der Waals surface area contributed by atoms with E-state index in [-0.39, 0.29) is 5.43 Å². The molecule has 0 saturated carbocycles. The van der Waals surface area contributed by atoms with Gasteiger partial charge in [0.15, 0.2) is 0 Å². The molecule has 5 heteroatoms. The van der Waals surface area contributed by atoms with Crippen molar-refractivity contribution in [2.75, 3.05) is 13.2 Å². The number of hydrogen-bond acceptors (Lipinski definition) is 3. The normalized spacial score (nSPS) is 10.6. The smallest absolute Gasteiger partial charge is 0.206 e. The highest BCUT2D eigenvalue weighted by molar-refractivity contribution is 14.1. The van der Waals surface area contributed by atoms with Crippen LogP contribution in [-0.4, -0.2) is 18.2 Å². The summed E-state index contributed by atoms with van der Waals surface area (Å²) in [6.07, 6.45) is 1.68. The molecule has 96 valence electrons. The highest BCUT2D eigenvalue weighted by Gasteiger charge is 2.13. The summed E-state index contributed by atoms with van der Waals surface area (Å²) in [4.78, 5) is 15.3. The average Bonchev–Trinajstić information content (AvgIpc) is 2.36. The fourth-order valence-electron chi connectivity index (χ4n) is 1.81. The number of halogens is 1. The highest BCUT2D eigenvalue weighted by atomic mass is 127. The van der Waals surface area contributed by atoms with E-state index in [1.165, 1.54) is 0 Å². The van der Waals surface area contributed by atoms with Gasteiger partial charge in [0, 0.05) is 6.20 Å². The molecule has 0 atom stereocenters. The molecule has 1 aromatic carbocycles. The number of aromatic nitrogens is 1. The van der Waals surface area contributed by atoms with Gasteiger partial charge in [0.25, 0.3) is 0 Å². The van der Waals surface area contributed by atoms with Crippen molar-refractivity contribution in [3.05, 3.63) is 32.1 Å². The van der Waals surface area contributed by atoms with Crippen molar-refractivity contribution < 1.29 is 9.47 Å². The molecule has 1 heterocycles. The van der Waals surface area contributed by atoms with E-state index < -0.39 is 0 Å². The van der Waals surface area contributed by atoms with Crippen LogP contribution in [0.3, 0.4) is 0 Å². The third-order valence-corrected chi connectivity index (χ3v) is 3.32. The van der Waals surface area contributed by atoms with Crippen LogP contribution in [0.15, 0.2) is 23.1 Å². The maximum atomic E-state index is 12.2. The molecule has 2 aromatic rings. The number of fused-ring (bicyclic) bond motifs is 1. The molecule has 1 aromatic heterocycles. The van der Waals surface area contributed by atoms with Crippen LogP contribution in [0, 0.1) is 3.57 Å². The van der Waals surface area contributed by atoms with Gasteiger partial charge in [0.05, 0.1) is 27.7 Å². The SMILES string of the molecule is CCOc1ccc(OCC)c2c(=O)c(I)c[nH]c12. The van der Waals surface area contributed by atoms with Gasteiger partial charge in [0.2, 0.25) is 5.43 Å². The fraction of sp³-hybridized carbons (Fsp3) is 0.308. The topological polar surface area (TPSA) is 51.3 Å². The maximum Gasteiger partial charge on any atom is 0.206 e. The highest BCUT2D eigenvalue weighted by Crippen LogP contribution is 2.30. The summed E-state index contributed by atoms with van der Waals surface area (Å²) >= 11 is 2.01. The number of pyridine rings is 1. The minimum Gasteiger partial charge on any atom is -0.493 e. The summed E-state index contributed by atoms with van der Waals surface area (Å²) in [6.45, 7) is 4.88. The largest absolute Gasteiger partial charge is 0.493 e. The lowest BCUT2D eigenvalue weighted by atomic mass is 10.2. The lowest BCUT2D eigenvalue weighted by Gasteiger charge is -2.11. The first-order chi connectivity index (χ1) is 8.69. The number of hydrogen-bond donors (Lipinski definition) is 1. The number of benzene rings is 1. The van der Waals surface area contributed by atoms with Gasteiger partial charge >= 0.3 is 0 Å². The zero-order valence-corrected chi connectivity index (χ0v) is 12.4. The third-order valence-electron chi connectivity index (χ3n) is 2.52. The minimum absolute atomic E-state index is 0.0330. The number of ether oxygens (including phenoxy) is 2. The predicted molar refractivity (Wildman–Crippen MR) is 79.6 cm³/mol. The number of aromatic amines is 1. The van der Waals surface area contributed by atoms with Gasteiger partial charge in [-0.15, -0.1) is 0 Å². The van der Waals surface area contributed by atoms with Crippen molar-refractivity contribution in [1.82, 2.24) is 4.98 Å². The first-order valence-electron chi connectivity index (χ1n) is 5.78. The van der Waals surface area contributed by atoms with Gasteiger partial charge in [0.1, 0.15) is 11.5 Å². The Labute approximate surface area is 118 Å². The molecule has 18 heavy (non-hydrogen) atoms. The number of H-pyrrole nitrogens is 1. The zero-order valence-electron chi connectivity index (χ0n) is 10.2. The summed E-state index contributed by atoms with van der Waals surface area (Å²) in [5.74, 6) is 1.26. The predicted octanol–water partition coefficient (Wildman–Crippen LogP) is 2.93. The summed E-state index contributed by atoms with van der Waals surface area (Å²) in [7, 11) is 0. The molecule has 0 fully saturated rings. The second kappa shape index (κ2) is 5.60. The molecule has 0 aliphatic carbocycles. The maximum absolute atomic E-state index is 12.2. The monoisotopic (exact) mass is 359 g/mol. The van der Waals surface area contributed by atoms with Crippen molar-refractivity contribution >= 4 is 33.5 Å². The third kappa shape index (κ3) is 2.31. The standard InChI is InChI=1S/C13H14INO3/c1-3-17-9-5-6-10(18-4-2)12-11(9)13(16)8(14)7-15-12/h5-7H,3-4H2,1-2H3,(H,15,16). The van der Waals surface area contributed by atoms with E-state index in [1.54, 1.807) is 12.3 Å². The van der Waals surface area contributed by atoms with E-state index in [4.69, 9.17) is 9.47 Å². The van der Waals surface area contributed by atoms with Gasteiger partial charge in [-0.3, -0.25) is 4.79 Å².